The van der Waals surface area contributed by atoms with Crippen LogP contribution in [-0.4, -0.2) is 12.5 Å². The van der Waals surface area contributed by atoms with E-state index in [1.54, 1.807) is 12.2 Å². The highest BCUT2D eigenvalue weighted by atomic mass is 16.1. The van der Waals surface area contributed by atoms with Crippen molar-refractivity contribution in [1.82, 2.24) is 5.32 Å². The fourth-order valence-corrected chi connectivity index (χ4v) is 0.899. The SMILES string of the molecule is C=C/C=C(\C=C)CC(C)NC=O. The van der Waals surface area contributed by atoms with E-state index in [1.165, 1.54) is 0 Å². The van der Waals surface area contributed by atoms with Crippen LogP contribution < -0.4 is 5.32 Å². The van der Waals surface area contributed by atoms with E-state index in [9.17, 15) is 4.79 Å². The molecule has 66 valence electrons. The summed E-state index contributed by atoms with van der Waals surface area (Å²) in [5.74, 6) is 0. The van der Waals surface area contributed by atoms with Gasteiger partial charge in [-0.1, -0.05) is 31.4 Å². The smallest absolute Gasteiger partial charge is 0.207 e. The van der Waals surface area contributed by atoms with Crippen LogP contribution in [0.3, 0.4) is 0 Å². The second kappa shape index (κ2) is 6.40. The summed E-state index contributed by atoms with van der Waals surface area (Å²) < 4.78 is 0. The summed E-state index contributed by atoms with van der Waals surface area (Å²) in [7, 11) is 0. The number of allylic oxidation sites excluding steroid dienone is 3. The third-order valence-corrected chi connectivity index (χ3v) is 1.49. The highest BCUT2D eigenvalue weighted by Gasteiger charge is 2.00. The molecule has 0 heterocycles. The molecule has 0 saturated carbocycles. The molecule has 0 aliphatic rings. The third kappa shape index (κ3) is 4.50. The lowest BCUT2D eigenvalue weighted by Gasteiger charge is -2.09. The van der Waals surface area contributed by atoms with Crippen molar-refractivity contribution in [2.45, 2.75) is 19.4 Å². The van der Waals surface area contributed by atoms with Crippen molar-refractivity contribution in [2.75, 3.05) is 0 Å². The molecule has 1 N–H and O–H groups in total. The Labute approximate surface area is 73.7 Å². The summed E-state index contributed by atoms with van der Waals surface area (Å²) in [4.78, 5) is 10.1. The summed E-state index contributed by atoms with van der Waals surface area (Å²) in [5, 5.41) is 2.67. The fraction of sp³-hybridized carbons (Fsp3) is 0.300. The first-order valence-electron chi connectivity index (χ1n) is 3.88. The number of carbonyl (C=O) groups is 1. The molecular formula is C10H15NO. The Bertz CT molecular complexity index is 194. The van der Waals surface area contributed by atoms with Gasteiger partial charge in [-0.15, -0.1) is 0 Å². The topological polar surface area (TPSA) is 29.1 Å². The van der Waals surface area contributed by atoms with E-state index in [4.69, 9.17) is 0 Å². The van der Waals surface area contributed by atoms with Gasteiger partial charge in [0.15, 0.2) is 0 Å². The number of hydrogen-bond donors (Lipinski definition) is 1. The molecule has 0 fully saturated rings. The van der Waals surface area contributed by atoms with Crippen LogP contribution in [0, 0.1) is 0 Å². The van der Waals surface area contributed by atoms with Crippen LogP contribution >= 0.6 is 0 Å². The summed E-state index contributed by atoms with van der Waals surface area (Å²) in [6, 6.07) is 0.145. The van der Waals surface area contributed by atoms with E-state index in [-0.39, 0.29) is 6.04 Å². The van der Waals surface area contributed by atoms with E-state index in [2.05, 4.69) is 18.5 Å². The monoisotopic (exact) mass is 165 g/mol. The molecule has 0 aromatic heterocycles. The van der Waals surface area contributed by atoms with Crippen molar-refractivity contribution in [3.05, 3.63) is 37.0 Å². The van der Waals surface area contributed by atoms with E-state index in [0.717, 1.165) is 12.0 Å². The Hall–Kier alpha value is -1.31. The van der Waals surface area contributed by atoms with Crippen LogP contribution in [0.25, 0.3) is 0 Å². The van der Waals surface area contributed by atoms with E-state index in [0.29, 0.717) is 6.41 Å². The van der Waals surface area contributed by atoms with E-state index < -0.39 is 0 Å². The predicted molar refractivity (Wildman–Crippen MR) is 51.8 cm³/mol. The summed E-state index contributed by atoms with van der Waals surface area (Å²) in [5.41, 5.74) is 1.08. The van der Waals surface area contributed by atoms with Crippen molar-refractivity contribution < 1.29 is 4.79 Å². The molecule has 0 spiro atoms. The number of hydrogen-bond acceptors (Lipinski definition) is 1. The second-order valence-electron chi connectivity index (χ2n) is 2.57. The van der Waals surface area contributed by atoms with Crippen molar-refractivity contribution >= 4 is 6.41 Å². The van der Waals surface area contributed by atoms with Crippen LogP contribution in [0.4, 0.5) is 0 Å². The van der Waals surface area contributed by atoms with E-state index >= 15 is 0 Å². The second-order valence-corrected chi connectivity index (χ2v) is 2.57. The Morgan fingerprint density at radius 3 is 2.67 bits per heavy atom. The molecule has 2 heteroatoms. The summed E-state index contributed by atoms with van der Waals surface area (Å²) in [6.07, 6.45) is 6.86. The number of rotatable bonds is 6. The molecule has 0 aliphatic heterocycles. The summed E-state index contributed by atoms with van der Waals surface area (Å²) >= 11 is 0. The fourth-order valence-electron chi connectivity index (χ4n) is 0.899. The van der Waals surface area contributed by atoms with Gasteiger partial charge >= 0.3 is 0 Å². The minimum Gasteiger partial charge on any atom is -0.356 e. The Balaban J connectivity index is 4.01. The van der Waals surface area contributed by atoms with Crippen LogP contribution in [0.15, 0.2) is 37.0 Å². The van der Waals surface area contributed by atoms with Crippen LogP contribution in [0.1, 0.15) is 13.3 Å². The van der Waals surface area contributed by atoms with Gasteiger partial charge in [-0.25, -0.2) is 0 Å². The average Bonchev–Trinajstić information content (AvgIpc) is 2.04. The molecule has 1 unspecified atom stereocenters. The van der Waals surface area contributed by atoms with Crippen LogP contribution in [-0.2, 0) is 4.79 Å². The molecule has 1 atom stereocenters. The quantitative estimate of drug-likeness (QED) is 0.472. The van der Waals surface area contributed by atoms with Gasteiger partial charge in [0.2, 0.25) is 6.41 Å². The average molecular weight is 165 g/mol. The molecule has 1 amide bonds. The Kier molecular flexibility index (Phi) is 5.70. The van der Waals surface area contributed by atoms with Crippen molar-refractivity contribution in [1.29, 1.82) is 0 Å². The van der Waals surface area contributed by atoms with Crippen LogP contribution in [0.2, 0.25) is 0 Å². The number of carbonyl (C=O) groups excluding carboxylic acids is 1. The first-order chi connectivity index (χ1) is 5.74. The molecule has 12 heavy (non-hydrogen) atoms. The predicted octanol–water partition coefficient (Wildman–Crippen LogP) is 1.81. The molecule has 0 aromatic rings. The van der Waals surface area contributed by atoms with Gasteiger partial charge in [0, 0.05) is 6.04 Å². The molecule has 0 radical (unpaired) electrons. The summed E-state index contributed by atoms with van der Waals surface area (Å²) in [6.45, 7) is 9.19. The normalized spacial score (nSPS) is 13.2. The molecule has 0 bridgehead atoms. The Morgan fingerprint density at radius 2 is 2.25 bits per heavy atom. The van der Waals surface area contributed by atoms with Gasteiger partial charge in [0.1, 0.15) is 0 Å². The zero-order valence-corrected chi connectivity index (χ0v) is 7.42. The highest BCUT2D eigenvalue weighted by Crippen LogP contribution is 2.05. The Morgan fingerprint density at radius 1 is 1.58 bits per heavy atom. The number of amides is 1. The molecule has 2 nitrogen and oxygen atoms in total. The van der Waals surface area contributed by atoms with Gasteiger partial charge in [-0.3, -0.25) is 4.79 Å². The minimum atomic E-state index is 0.145. The maximum atomic E-state index is 10.1. The lowest BCUT2D eigenvalue weighted by Crippen LogP contribution is -2.24. The van der Waals surface area contributed by atoms with Crippen molar-refractivity contribution in [3.8, 4) is 0 Å². The van der Waals surface area contributed by atoms with Crippen LogP contribution in [0.5, 0.6) is 0 Å². The molecular weight excluding hydrogens is 150 g/mol. The third-order valence-electron chi connectivity index (χ3n) is 1.49. The maximum absolute atomic E-state index is 10.1. The van der Waals surface area contributed by atoms with Crippen molar-refractivity contribution in [3.63, 3.8) is 0 Å². The standard InChI is InChI=1S/C10H15NO/c1-4-6-10(5-2)7-9(3)11-8-12/h4-6,8-9H,1-2,7H2,3H3,(H,11,12)/b10-6+. The molecule has 0 aliphatic carbocycles. The minimum absolute atomic E-state index is 0.145. The molecule has 0 rings (SSSR count). The highest BCUT2D eigenvalue weighted by molar-refractivity contribution is 5.46. The first-order valence-corrected chi connectivity index (χ1v) is 3.88. The van der Waals surface area contributed by atoms with Crippen molar-refractivity contribution in [2.24, 2.45) is 0 Å². The first kappa shape index (κ1) is 10.7. The van der Waals surface area contributed by atoms with Gasteiger partial charge in [-0.05, 0) is 18.9 Å². The zero-order valence-electron chi connectivity index (χ0n) is 7.42. The van der Waals surface area contributed by atoms with Gasteiger partial charge in [0.05, 0.1) is 0 Å². The molecule has 0 aromatic carbocycles. The molecule has 0 saturated heterocycles. The van der Waals surface area contributed by atoms with Gasteiger partial charge < -0.3 is 5.32 Å². The van der Waals surface area contributed by atoms with E-state index in [1.807, 2.05) is 13.0 Å². The maximum Gasteiger partial charge on any atom is 0.207 e. The lowest BCUT2D eigenvalue weighted by atomic mass is 10.1. The van der Waals surface area contributed by atoms with Gasteiger partial charge in [0.25, 0.3) is 0 Å². The van der Waals surface area contributed by atoms with Gasteiger partial charge in [-0.2, -0.15) is 0 Å². The number of nitrogens with one attached hydrogen (secondary N) is 1. The zero-order chi connectivity index (χ0) is 9.40. The largest absolute Gasteiger partial charge is 0.356 e. The lowest BCUT2D eigenvalue weighted by molar-refractivity contribution is -0.110.